The van der Waals surface area contributed by atoms with Gasteiger partial charge in [-0.1, -0.05) is 30.3 Å². The van der Waals surface area contributed by atoms with Gasteiger partial charge in [0.15, 0.2) is 16.6 Å². The van der Waals surface area contributed by atoms with E-state index in [9.17, 15) is 38.9 Å². The molecule has 0 unspecified atom stereocenters. The Morgan fingerprint density at radius 3 is 1.97 bits per heavy atom. The van der Waals surface area contributed by atoms with Crippen LogP contribution in [-0.2, 0) is 60.3 Å². The van der Waals surface area contributed by atoms with Crippen LogP contribution in [0.1, 0.15) is 5.56 Å². The Hall–Kier alpha value is 1.67. The zero-order chi connectivity index (χ0) is 25.6. The number of ether oxygens (including phenoxy) is 3. The first-order valence-electron chi connectivity index (χ1n) is 9.28. The van der Waals surface area contributed by atoms with Gasteiger partial charge in [-0.2, -0.15) is 0 Å². The fraction of sp³-hybridized carbons (Fsp3) is 0.600. The summed E-state index contributed by atoms with van der Waals surface area (Å²) < 4.78 is 127. The minimum Gasteiger partial charge on any atom is -0.735 e. The molecule has 1 fully saturated rings. The minimum absolute atomic E-state index is 0. The standard InChI is InChI=1S/C15H24N2O14S3.3Na/c16-6-7-27-15-12(17-32(18,19)20)14(31-34(24,25)26)13(11(30-15)9-29-33(21,22)23)28-8-10-4-2-1-3-5-10;;;/h1-5,11-15,17H,6-9,16H2,(H,18,19,20)(H,21,22,23)(H,24,25,26);;;/q;3*+1/p-3/t11-,12-,13-,14-,15+;;;/m1.../s1. The molecule has 1 aliphatic rings. The monoisotopic (exact) mass is 618 g/mol. The van der Waals surface area contributed by atoms with E-state index in [-0.39, 0.29) is 108 Å². The quantitative estimate of drug-likeness (QED) is 0.118. The number of nitrogens with two attached hydrogens (primary N) is 1. The van der Waals surface area contributed by atoms with E-state index < -0.39 is 68.4 Å². The number of benzene rings is 1. The first kappa shape index (κ1) is 40.8. The van der Waals surface area contributed by atoms with E-state index in [4.69, 9.17) is 19.9 Å². The van der Waals surface area contributed by atoms with Crippen LogP contribution in [0.15, 0.2) is 30.3 Å². The number of nitrogens with one attached hydrogen (secondary N) is 1. The van der Waals surface area contributed by atoms with Gasteiger partial charge in [-0.15, -0.1) is 0 Å². The van der Waals surface area contributed by atoms with E-state index in [2.05, 4.69) is 8.37 Å². The molecule has 0 spiro atoms. The maximum atomic E-state index is 11.4. The molecule has 0 aliphatic carbocycles. The fourth-order valence-electron chi connectivity index (χ4n) is 3.03. The molecular weight excluding hydrogens is 597 g/mol. The summed E-state index contributed by atoms with van der Waals surface area (Å²) in [5.41, 5.74) is 5.82. The van der Waals surface area contributed by atoms with Crippen molar-refractivity contribution in [3.63, 3.8) is 0 Å². The summed E-state index contributed by atoms with van der Waals surface area (Å²) in [6.45, 7) is -1.84. The van der Waals surface area contributed by atoms with Crippen LogP contribution in [0.2, 0.25) is 0 Å². The molecule has 3 N–H and O–H groups in total. The van der Waals surface area contributed by atoms with Crippen molar-refractivity contribution in [2.45, 2.75) is 37.3 Å². The summed E-state index contributed by atoms with van der Waals surface area (Å²) >= 11 is 0. The molecule has 1 aromatic carbocycles. The first-order valence-corrected chi connectivity index (χ1v) is 13.4. The van der Waals surface area contributed by atoms with Crippen LogP contribution in [0.25, 0.3) is 0 Å². The summed E-state index contributed by atoms with van der Waals surface area (Å²) in [5.74, 6) is 0. The molecule has 0 aromatic heterocycles. The summed E-state index contributed by atoms with van der Waals surface area (Å²) in [4.78, 5) is 0. The van der Waals surface area contributed by atoms with Crippen molar-refractivity contribution in [3.05, 3.63) is 35.9 Å². The summed E-state index contributed by atoms with van der Waals surface area (Å²) in [5, 5.41) is 0. The van der Waals surface area contributed by atoms with Gasteiger partial charge in [0, 0.05) is 6.54 Å². The molecule has 0 radical (unpaired) electrons. The first-order chi connectivity index (χ1) is 15.7. The molecule has 2 rings (SSSR count). The average Bonchev–Trinajstić information content (AvgIpc) is 2.70. The molecular formula is C15H21N2Na3O14S3. The third-order valence-corrected chi connectivity index (χ3v) is 5.66. The van der Waals surface area contributed by atoms with Crippen molar-refractivity contribution in [1.29, 1.82) is 0 Å². The Balaban J connectivity index is 0. The van der Waals surface area contributed by atoms with Gasteiger partial charge in [0.1, 0.15) is 24.4 Å². The van der Waals surface area contributed by atoms with Crippen LogP contribution < -0.4 is 99.1 Å². The van der Waals surface area contributed by atoms with Crippen molar-refractivity contribution >= 4 is 31.1 Å². The zero-order valence-electron chi connectivity index (χ0n) is 20.1. The van der Waals surface area contributed by atoms with Crippen LogP contribution in [-0.4, -0.2) is 89.3 Å². The van der Waals surface area contributed by atoms with E-state index in [1.54, 1.807) is 30.3 Å². The molecule has 196 valence electrons. The maximum Gasteiger partial charge on any atom is 1.00 e. The summed E-state index contributed by atoms with van der Waals surface area (Å²) in [6, 6.07) is 6.13. The molecule has 1 heterocycles. The second-order valence-electron chi connectivity index (χ2n) is 6.72. The smallest absolute Gasteiger partial charge is 0.735 e. The number of hydrogen-bond donors (Lipinski definition) is 2. The van der Waals surface area contributed by atoms with Gasteiger partial charge in [-0.05, 0) is 5.56 Å². The Labute approximate surface area is 281 Å². The van der Waals surface area contributed by atoms with Gasteiger partial charge in [0.05, 0.1) is 19.8 Å². The largest absolute Gasteiger partial charge is 1.00 e. The summed E-state index contributed by atoms with van der Waals surface area (Å²) in [7, 11) is -16.1. The van der Waals surface area contributed by atoms with Gasteiger partial charge < -0.3 is 33.6 Å². The van der Waals surface area contributed by atoms with Crippen LogP contribution in [0, 0.1) is 0 Å². The molecule has 1 saturated heterocycles. The third kappa shape index (κ3) is 16.0. The second-order valence-corrected chi connectivity index (χ2v) is 9.93. The van der Waals surface area contributed by atoms with E-state index in [0.29, 0.717) is 5.56 Å². The zero-order valence-corrected chi connectivity index (χ0v) is 28.6. The van der Waals surface area contributed by atoms with Gasteiger partial charge in [-0.3, -0.25) is 8.37 Å². The predicted octanol–water partition coefficient (Wildman–Crippen LogP) is -12.0. The fourth-order valence-corrected chi connectivity index (χ4v) is 4.41. The molecule has 0 saturated carbocycles. The third-order valence-electron chi connectivity index (χ3n) is 4.22. The summed E-state index contributed by atoms with van der Waals surface area (Å²) in [6.07, 6.45) is -7.37. The molecule has 16 nitrogen and oxygen atoms in total. The molecule has 37 heavy (non-hydrogen) atoms. The van der Waals surface area contributed by atoms with Crippen molar-refractivity contribution in [2.24, 2.45) is 5.73 Å². The molecule has 22 heteroatoms. The predicted molar refractivity (Wildman–Crippen MR) is 106 cm³/mol. The van der Waals surface area contributed by atoms with Gasteiger partial charge in [0.2, 0.25) is 20.8 Å². The van der Waals surface area contributed by atoms with Crippen molar-refractivity contribution in [1.82, 2.24) is 4.72 Å². The van der Waals surface area contributed by atoms with E-state index in [1.165, 1.54) is 4.72 Å². The Morgan fingerprint density at radius 1 is 0.892 bits per heavy atom. The van der Waals surface area contributed by atoms with E-state index in [1.807, 2.05) is 0 Å². The van der Waals surface area contributed by atoms with Crippen molar-refractivity contribution in [3.8, 4) is 0 Å². The van der Waals surface area contributed by atoms with Gasteiger partial charge in [0.25, 0.3) is 0 Å². The second kappa shape index (κ2) is 18.3. The van der Waals surface area contributed by atoms with Crippen LogP contribution in [0.5, 0.6) is 0 Å². The van der Waals surface area contributed by atoms with Gasteiger partial charge in [-0.25, -0.2) is 30.0 Å². The SMILES string of the molecule is NCCO[C@H]1O[C@H](COS(=O)(=O)[O-])[C@@H](OCc2ccccc2)[C@H](OS(=O)(=O)[O-])[C@H]1NS(=O)(=O)[O-].[Na+].[Na+].[Na+]. The Bertz CT molecular complexity index is 1110. The Morgan fingerprint density at radius 2 is 1.49 bits per heavy atom. The number of hydrogen-bond acceptors (Lipinski definition) is 15. The van der Waals surface area contributed by atoms with Crippen LogP contribution in [0.4, 0.5) is 0 Å². The van der Waals surface area contributed by atoms with E-state index >= 15 is 0 Å². The van der Waals surface area contributed by atoms with Crippen LogP contribution >= 0.6 is 0 Å². The maximum absolute atomic E-state index is 11.4. The van der Waals surface area contributed by atoms with Gasteiger partial charge >= 0.3 is 88.7 Å². The van der Waals surface area contributed by atoms with Crippen molar-refractivity contribution in [2.75, 3.05) is 19.8 Å². The topological polar surface area (TPSA) is 256 Å². The molecule has 0 amide bonds. The van der Waals surface area contributed by atoms with E-state index in [0.717, 1.165) is 0 Å². The Kier molecular flexibility index (Phi) is 20.1. The normalized spacial score (nSPS) is 24.3. The molecule has 5 atom stereocenters. The van der Waals surface area contributed by atoms with Crippen molar-refractivity contribution < 1.29 is 150 Å². The minimum atomic E-state index is -5.56. The molecule has 1 aliphatic heterocycles. The molecule has 1 aromatic rings. The van der Waals surface area contributed by atoms with Crippen LogP contribution in [0.3, 0.4) is 0 Å². The number of rotatable bonds is 13. The molecule has 0 bridgehead atoms. The average molecular weight is 619 g/mol.